The topological polar surface area (TPSA) is 9.23 Å². The molecule has 1 nitrogen and oxygen atoms in total. The van der Waals surface area contributed by atoms with Crippen molar-refractivity contribution in [2.24, 2.45) is 0 Å². The van der Waals surface area contributed by atoms with Crippen LogP contribution in [0, 0.1) is 5.82 Å². The van der Waals surface area contributed by atoms with E-state index in [1.807, 2.05) is 36.4 Å². The average molecular weight is 353 g/mol. The summed E-state index contributed by atoms with van der Waals surface area (Å²) < 4.78 is 21.1. The highest BCUT2D eigenvalue weighted by Gasteiger charge is 2.26. The van der Waals surface area contributed by atoms with E-state index in [-0.39, 0.29) is 5.82 Å². The second-order valence-corrected chi connectivity index (χ2v) is 11.6. The average Bonchev–Trinajstić information content (AvgIpc) is 2.37. The Balaban J connectivity index is 2.26. The molecule has 2 aromatic carbocycles. The Morgan fingerprint density at radius 3 is 2.30 bits per heavy atom. The van der Waals surface area contributed by atoms with Crippen molar-refractivity contribution in [2.45, 2.75) is 26.2 Å². The van der Waals surface area contributed by atoms with Crippen molar-refractivity contribution in [3.8, 4) is 5.75 Å². The molecule has 0 bridgehead atoms. The Kier molecular flexibility index (Phi) is 4.65. The Morgan fingerprint density at radius 2 is 1.70 bits per heavy atom. The molecule has 0 fully saturated rings. The standard InChI is InChI=1S/C16H18BrFOSi/c1-20(2,3)16-13(17)9-10-14(15(16)18)19-11-12-7-5-4-6-8-12/h4-10H,11H2,1-3H3. The van der Waals surface area contributed by atoms with Crippen LogP contribution >= 0.6 is 15.9 Å². The molecule has 0 saturated heterocycles. The zero-order chi connectivity index (χ0) is 14.8. The van der Waals surface area contributed by atoms with Crippen molar-refractivity contribution < 1.29 is 9.13 Å². The van der Waals surface area contributed by atoms with Gasteiger partial charge in [0.15, 0.2) is 11.6 Å². The third-order valence-electron chi connectivity index (χ3n) is 3.04. The number of benzene rings is 2. The van der Waals surface area contributed by atoms with Gasteiger partial charge in [-0.25, -0.2) is 4.39 Å². The Labute approximate surface area is 128 Å². The van der Waals surface area contributed by atoms with Crippen LogP contribution in [0.5, 0.6) is 5.75 Å². The van der Waals surface area contributed by atoms with Gasteiger partial charge in [-0.15, -0.1) is 0 Å². The van der Waals surface area contributed by atoms with Crippen LogP contribution in [-0.4, -0.2) is 8.07 Å². The first-order valence-corrected chi connectivity index (χ1v) is 10.8. The summed E-state index contributed by atoms with van der Waals surface area (Å²) >= 11 is 3.45. The molecule has 0 aliphatic carbocycles. The minimum atomic E-state index is -1.76. The fourth-order valence-corrected chi connectivity index (χ4v) is 5.74. The second kappa shape index (κ2) is 6.10. The lowest BCUT2D eigenvalue weighted by molar-refractivity contribution is 0.291. The predicted molar refractivity (Wildman–Crippen MR) is 87.9 cm³/mol. The van der Waals surface area contributed by atoms with Gasteiger partial charge in [0, 0.05) is 4.47 Å². The normalized spacial score (nSPS) is 11.4. The van der Waals surface area contributed by atoms with Gasteiger partial charge in [0.05, 0.1) is 8.07 Å². The van der Waals surface area contributed by atoms with Crippen molar-refractivity contribution in [3.05, 3.63) is 58.3 Å². The molecule has 0 atom stereocenters. The maximum absolute atomic E-state index is 14.6. The minimum Gasteiger partial charge on any atom is -0.486 e. The van der Waals surface area contributed by atoms with Crippen LogP contribution in [0.25, 0.3) is 0 Å². The fourth-order valence-electron chi connectivity index (χ4n) is 2.07. The van der Waals surface area contributed by atoms with Gasteiger partial charge in [0.25, 0.3) is 0 Å². The van der Waals surface area contributed by atoms with Gasteiger partial charge in [0.2, 0.25) is 0 Å². The number of halogens is 2. The summed E-state index contributed by atoms with van der Waals surface area (Å²) in [5.41, 5.74) is 1.03. The summed E-state index contributed by atoms with van der Waals surface area (Å²) in [4.78, 5) is 0. The SMILES string of the molecule is C[Si](C)(C)c1c(Br)ccc(OCc2ccccc2)c1F. The maximum atomic E-state index is 14.6. The molecule has 0 unspecified atom stereocenters. The van der Waals surface area contributed by atoms with Crippen LogP contribution < -0.4 is 9.92 Å². The van der Waals surface area contributed by atoms with Gasteiger partial charge in [-0.2, -0.15) is 0 Å². The quantitative estimate of drug-likeness (QED) is 0.723. The zero-order valence-corrected chi connectivity index (χ0v) is 14.5. The molecule has 0 N–H and O–H groups in total. The molecule has 0 aliphatic heterocycles. The highest BCUT2D eigenvalue weighted by Crippen LogP contribution is 2.24. The molecule has 106 valence electrons. The summed E-state index contributed by atoms with van der Waals surface area (Å²) in [5.74, 6) is 0.101. The highest BCUT2D eigenvalue weighted by molar-refractivity contribution is 9.10. The van der Waals surface area contributed by atoms with Crippen molar-refractivity contribution in [2.75, 3.05) is 0 Å². The minimum absolute atomic E-state index is 0.227. The first kappa shape index (κ1) is 15.3. The lowest BCUT2D eigenvalue weighted by Crippen LogP contribution is -2.41. The monoisotopic (exact) mass is 352 g/mol. The van der Waals surface area contributed by atoms with Crippen LogP contribution in [0.2, 0.25) is 19.6 Å². The summed E-state index contributed by atoms with van der Waals surface area (Å²) in [6.45, 7) is 6.75. The van der Waals surface area contributed by atoms with E-state index in [4.69, 9.17) is 4.74 Å². The van der Waals surface area contributed by atoms with Gasteiger partial charge in [-0.3, -0.25) is 0 Å². The van der Waals surface area contributed by atoms with E-state index in [1.54, 1.807) is 6.07 Å². The molecule has 0 amide bonds. The Bertz CT molecular complexity index is 593. The third-order valence-corrected chi connectivity index (χ3v) is 6.06. The first-order chi connectivity index (χ1) is 9.39. The molecule has 0 aliphatic rings. The molecule has 2 aromatic rings. The summed E-state index contributed by atoms with van der Waals surface area (Å²) in [6, 6.07) is 13.3. The number of ether oxygens (including phenoxy) is 1. The smallest absolute Gasteiger partial charge is 0.165 e. The zero-order valence-electron chi connectivity index (χ0n) is 11.9. The van der Waals surface area contributed by atoms with E-state index >= 15 is 0 Å². The van der Waals surface area contributed by atoms with E-state index in [2.05, 4.69) is 35.6 Å². The van der Waals surface area contributed by atoms with Gasteiger partial charge in [0.1, 0.15) is 6.61 Å². The van der Waals surface area contributed by atoms with Crippen LogP contribution in [0.4, 0.5) is 4.39 Å². The number of hydrogen-bond acceptors (Lipinski definition) is 1. The molecule has 0 heterocycles. The molecule has 4 heteroatoms. The lowest BCUT2D eigenvalue weighted by atomic mass is 10.2. The second-order valence-electron chi connectivity index (χ2n) is 5.76. The molecule has 2 rings (SSSR count). The lowest BCUT2D eigenvalue weighted by Gasteiger charge is -2.21. The summed E-state index contributed by atoms with van der Waals surface area (Å²) in [7, 11) is -1.76. The van der Waals surface area contributed by atoms with E-state index in [9.17, 15) is 4.39 Å². The van der Waals surface area contributed by atoms with Crippen LogP contribution in [0.15, 0.2) is 46.9 Å². The number of hydrogen-bond donors (Lipinski definition) is 0. The summed E-state index contributed by atoms with van der Waals surface area (Å²) in [5, 5.41) is 0.781. The molecule has 20 heavy (non-hydrogen) atoms. The van der Waals surface area contributed by atoms with Gasteiger partial charge in [-0.05, 0) is 22.9 Å². The molecule has 0 spiro atoms. The first-order valence-electron chi connectivity index (χ1n) is 6.55. The van der Waals surface area contributed by atoms with E-state index in [0.29, 0.717) is 12.4 Å². The van der Waals surface area contributed by atoms with E-state index in [1.165, 1.54) is 0 Å². The van der Waals surface area contributed by atoms with Crippen LogP contribution in [0.3, 0.4) is 0 Å². The van der Waals surface area contributed by atoms with Crippen molar-refractivity contribution in [1.82, 2.24) is 0 Å². The van der Waals surface area contributed by atoms with Crippen LogP contribution in [0.1, 0.15) is 5.56 Å². The third kappa shape index (κ3) is 3.49. The molecule has 0 radical (unpaired) electrons. The Hall–Kier alpha value is -1.13. The molecule has 0 saturated carbocycles. The van der Waals surface area contributed by atoms with Gasteiger partial charge in [-0.1, -0.05) is 65.9 Å². The molecular formula is C16H18BrFOSi. The Morgan fingerprint density at radius 1 is 1.05 bits per heavy atom. The molecular weight excluding hydrogens is 335 g/mol. The largest absolute Gasteiger partial charge is 0.486 e. The highest BCUT2D eigenvalue weighted by atomic mass is 79.9. The van der Waals surface area contributed by atoms with Crippen molar-refractivity contribution >= 4 is 29.2 Å². The van der Waals surface area contributed by atoms with Gasteiger partial charge >= 0.3 is 0 Å². The maximum Gasteiger partial charge on any atom is 0.165 e. The predicted octanol–water partition coefficient (Wildman–Crippen LogP) is 4.71. The van der Waals surface area contributed by atoms with E-state index in [0.717, 1.165) is 15.2 Å². The van der Waals surface area contributed by atoms with Gasteiger partial charge < -0.3 is 4.74 Å². The van der Waals surface area contributed by atoms with Crippen LogP contribution in [-0.2, 0) is 6.61 Å². The van der Waals surface area contributed by atoms with Crippen molar-refractivity contribution in [3.63, 3.8) is 0 Å². The van der Waals surface area contributed by atoms with Crippen molar-refractivity contribution in [1.29, 1.82) is 0 Å². The molecule has 0 aromatic heterocycles. The number of rotatable bonds is 4. The van der Waals surface area contributed by atoms with E-state index < -0.39 is 8.07 Å². The fraction of sp³-hybridized carbons (Fsp3) is 0.250. The summed E-state index contributed by atoms with van der Waals surface area (Å²) in [6.07, 6.45) is 0.